The maximum Gasteiger partial charge on any atom is 0.354 e. The van der Waals surface area contributed by atoms with Crippen molar-refractivity contribution in [2.45, 2.75) is 13.0 Å². The third-order valence-electron chi connectivity index (χ3n) is 3.14. The second kappa shape index (κ2) is 8.55. The Labute approximate surface area is 143 Å². The minimum absolute atomic E-state index is 0.0287. The summed E-state index contributed by atoms with van der Waals surface area (Å²) in [5.74, 6) is -0.548. The fourth-order valence-electron chi connectivity index (χ4n) is 2.05. The Morgan fingerprint density at radius 2 is 1.96 bits per heavy atom. The number of amides is 1. The van der Waals surface area contributed by atoms with Crippen molar-refractivity contribution in [3.05, 3.63) is 52.3 Å². The van der Waals surface area contributed by atoms with Gasteiger partial charge in [-0.05, 0) is 19.1 Å². The fourth-order valence-corrected chi connectivity index (χ4v) is 2.05. The van der Waals surface area contributed by atoms with Crippen LogP contribution in [-0.4, -0.2) is 40.6 Å². The van der Waals surface area contributed by atoms with E-state index in [0.29, 0.717) is 12.2 Å². The molecular formula is C15H18N6O4. The number of nitrogens with zero attached hydrogens (tertiary/aromatic N) is 3. The van der Waals surface area contributed by atoms with Gasteiger partial charge < -0.3 is 10.1 Å². The summed E-state index contributed by atoms with van der Waals surface area (Å²) >= 11 is 0. The molecule has 132 valence electrons. The van der Waals surface area contributed by atoms with Crippen molar-refractivity contribution >= 4 is 23.2 Å². The Hall–Kier alpha value is -3.27. The molecule has 3 N–H and O–H groups in total. The lowest BCUT2D eigenvalue weighted by Crippen LogP contribution is -2.30. The Balaban J connectivity index is 2.17. The Kier molecular flexibility index (Phi) is 6.18. The van der Waals surface area contributed by atoms with Gasteiger partial charge in [0.25, 0.3) is 5.91 Å². The molecule has 0 saturated carbocycles. The summed E-state index contributed by atoms with van der Waals surface area (Å²) in [5.41, 5.74) is 4.88. The molecule has 0 spiro atoms. The molecular weight excluding hydrogens is 328 g/mol. The van der Waals surface area contributed by atoms with E-state index in [1.807, 2.05) is 0 Å². The van der Waals surface area contributed by atoms with Gasteiger partial charge in [-0.3, -0.25) is 25.8 Å². The molecule has 1 unspecified atom stereocenters. The summed E-state index contributed by atoms with van der Waals surface area (Å²) in [6, 6.07) is 8.22. The molecule has 0 aliphatic carbocycles. The Bertz CT molecular complexity index is 740. The maximum atomic E-state index is 12.0. The van der Waals surface area contributed by atoms with Crippen molar-refractivity contribution in [3.63, 3.8) is 0 Å². The number of carbonyl (C=O) groups is 1. The van der Waals surface area contributed by atoms with E-state index < -0.39 is 10.8 Å². The van der Waals surface area contributed by atoms with Gasteiger partial charge in [-0.25, -0.2) is 9.97 Å². The highest BCUT2D eigenvalue weighted by Gasteiger charge is 2.24. The maximum absolute atomic E-state index is 12.0. The monoisotopic (exact) mass is 346 g/mol. The minimum Gasteiger partial charge on any atom is -0.383 e. The molecule has 0 bridgehead atoms. The van der Waals surface area contributed by atoms with Gasteiger partial charge in [0.2, 0.25) is 11.6 Å². The molecule has 0 aliphatic heterocycles. The van der Waals surface area contributed by atoms with Crippen LogP contribution in [0.5, 0.6) is 0 Å². The van der Waals surface area contributed by atoms with Crippen molar-refractivity contribution < 1.29 is 14.5 Å². The van der Waals surface area contributed by atoms with Crippen LogP contribution in [0.25, 0.3) is 0 Å². The first-order valence-corrected chi connectivity index (χ1v) is 7.39. The summed E-state index contributed by atoms with van der Waals surface area (Å²) in [6.07, 6.45) is 1.16. The predicted octanol–water partition coefficient (Wildman–Crippen LogP) is 1.59. The van der Waals surface area contributed by atoms with Crippen LogP contribution in [0.4, 0.5) is 17.3 Å². The second-order valence-corrected chi connectivity index (χ2v) is 5.12. The van der Waals surface area contributed by atoms with Gasteiger partial charge in [0, 0.05) is 18.7 Å². The van der Waals surface area contributed by atoms with Gasteiger partial charge in [-0.2, -0.15) is 0 Å². The summed E-state index contributed by atoms with van der Waals surface area (Å²) < 4.78 is 4.99. The number of nitro groups is 1. The zero-order chi connectivity index (χ0) is 18.2. The van der Waals surface area contributed by atoms with E-state index in [2.05, 4.69) is 26.1 Å². The van der Waals surface area contributed by atoms with Gasteiger partial charge in [0.05, 0.1) is 11.5 Å². The molecule has 2 aromatic rings. The number of aromatic nitrogens is 2. The first-order valence-electron chi connectivity index (χ1n) is 7.39. The van der Waals surface area contributed by atoms with E-state index in [0.717, 1.165) is 6.33 Å². The van der Waals surface area contributed by atoms with Crippen molar-refractivity contribution in [1.29, 1.82) is 0 Å². The largest absolute Gasteiger partial charge is 0.383 e. The van der Waals surface area contributed by atoms with Crippen molar-refractivity contribution in [2.24, 2.45) is 0 Å². The number of nitrogens with one attached hydrogen (secondary N) is 3. The number of benzene rings is 1. The SMILES string of the molecule is COCC(C)Nc1ncnc(NNC(=O)c2ccccc2)c1[N+](=O)[O-]. The molecule has 1 aromatic carbocycles. The molecule has 0 saturated heterocycles. The minimum atomic E-state index is -0.626. The summed E-state index contributed by atoms with van der Waals surface area (Å²) in [5, 5.41) is 14.3. The second-order valence-electron chi connectivity index (χ2n) is 5.12. The molecule has 10 nitrogen and oxygen atoms in total. The highest BCUT2D eigenvalue weighted by atomic mass is 16.6. The van der Waals surface area contributed by atoms with E-state index >= 15 is 0 Å². The number of hydrazine groups is 1. The van der Waals surface area contributed by atoms with Crippen LogP contribution >= 0.6 is 0 Å². The van der Waals surface area contributed by atoms with Gasteiger partial charge >= 0.3 is 5.69 Å². The van der Waals surface area contributed by atoms with E-state index in [9.17, 15) is 14.9 Å². The lowest BCUT2D eigenvalue weighted by molar-refractivity contribution is -0.383. The third kappa shape index (κ3) is 4.85. The highest BCUT2D eigenvalue weighted by Crippen LogP contribution is 2.28. The average Bonchev–Trinajstić information content (AvgIpc) is 2.60. The lowest BCUT2D eigenvalue weighted by Gasteiger charge is -2.14. The summed E-state index contributed by atoms with van der Waals surface area (Å²) in [7, 11) is 1.53. The molecule has 10 heteroatoms. The van der Waals surface area contributed by atoms with Crippen LogP contribution in [0.2, 0.25) is 0 Å². The van der Waals surface area contributed by atoms with Crippen LogP contribution in [0.3, 0.4) is 0 Å². The molecule has 25 heavy (non-hydrogen) atoms. The van der Waals surface area contributed by atoms with E-state index in [1.165, 1.54) is 7.11 Å². The molecule has 1 atom stereocenters. The number of rotatable bonds is 8. The average molecular weight is 346 g/mol. The van der Waals surface area contributed by atoms with Crippen LogP contribution < -0.4 is 16.2 Å². The molecule has 1 heterocycles. The van der Waals surface area contributed by atoms with Crippen molar-refractivity contribution in [2.75, 3.05) is 24.5 Å². The Morgan fingerprint density at radius 1 is 1.28 bits per heavy atom. The van der Waals surface area contributed by atoms with E-state index in [4.69, 9.17) is 4.74 Å². The van der Waals surface area contributed by atoms with Crippen LogP contribution in [0, 0.1) is 10.1 Å². The molecule has 2 rings (SSSR count). The van der Waals surface area contributed by atoms with E-state index in [-0.39, 0.29) is 23.4 Å². The van der Waals surface area contributed by atoms with E-state index in [1.54, 1.807) is 37.3 Å². The van der Waals surface area contributed by atoms with Gasteiger partial charge in [-0.15, -0.1) is 0 Å². The molecule has 1 aromatic heterocycles. The fraction of sp³-hybridized carbons (Fsp3) is 0.267. The number of anilines is 2. The lowest BCUT2D eigenvalue weighted by atomic mass is 10.2. The molecule has 0 aliphatic rings. The number of hydrogen-bond donors (Lipinski definition) is 3. The molecule has 1 amide bonds. The number of carbonyl (C=O) groups excluding carboxylic acids is 1. The predicted molar refractivity (Wildman–Crippen MR) is 91.2 cm³/mol. The Morgan fingerprint density at radius 3 is 2.60 bits per heavy atom. The number of ether oxygens (including phenoxy) is 1. The van der Waals surface area contributed by atoms with Crippen LogP contribution in [-0.2, 0) is 4.74 Å². The molecule has 0 radical (unpaired) electrons. The van der Waals surface area contributed by atoms with Crippen LogP contribution in [0.1, 0.15) is 17.3 Å². The van der Waals surface area contributed by atoms with Gasteiger partial charge in [0.1, 0.15) is 6.33 Å². The van der Waals surface area contributed by atoms with Gasteiger partial charge in [0.15, 0.2) is 0 Å². The van der Waals surface area contributed by atoms with Gasteiger partial charge in [-0.1, -0.05) is 18.2 Å². The molecule has 0 fully saturated rings. The van der Waals surface area contributed by atoms with Crippen LogP contribution in [0.15, 0.2) is 36.7 Å². The summed E-state index contributed by atoms with van der Waals surface area (Å²) in [4.78, 5) is 30.5. The highest BCUT2D eigenvalue weighted by molar-refractivity contribution is 5.95. The number of hydrogen-bond acceptors (Lipinski definition) is 8. The topological polar surface area (TPSA) is 131 Å². The van der Waals surface area contributed by atoms with Crippen molar-refractivity contribution in [1.82, 2.24) is 15.4 Å². The smallest absolute Gasteiger partial charge is 0.354 e. The number of methoxy groups -OCH3 is 1. The van der Waals surface area contributed by atoms with Crippen molar-refractivity contribution in [3.8, 4) is 0 Å². The summed E-state index contributed by atoms with van der Waals surface area (Å²) in [6.45, 7) is 2.13. The first-order chi connectivity index (χ1) is 12.0. The zero-order valence-corrected chi connectivity index (χ0v) is 13.7. The normalized spacial score (nSPS) is 11.4. The standard InChI is InChI=1S/C15H18N6O4/c1-10(8-25-2)18-13-12(21(23)24)14(17-9-16-13)19-20-15(22)11-6-4-3-5-7-11/h3-7,9-10H,8H2,1-2H3,(H,20,22)(H2,16,17,18,19). The zero-order valence-electron chi connectivity index (χ0n) is 13.7. The first kappa shape index (κ1) is 18.1. The third-order valence-corrected chi connectivity index (χ3v) is 3.14. The quantitative estimate of drug-likeness (QED) is 0.485.